The second-order valence-corrected chi connectivity index (χ2v) is 26.1. The van der Waals surface area contributed by atoms with Gasteiger partial charge in [-0.2, -0.15) is 0 Å². The number of fused-ring (bicyclic) bond motifs is 1. The Morgan fingerprint density at radius 3 is 2.17 bits per heavy atom. The summed E-state index contributed by atoms with van der Waals surface area (Å²) in [5, 5.41) is 0.331. The van der Waals surface area contributed by atoms with E-state index in [1.54, 1.807) is 0 Å². The fraction of sp³-hybridized carbons (Fsp3) is 0.857. The maximum Gasteiger partial charge on any atom is 0.305 e. The molecule has 0 radical (unpaired) electrons. The summed E-state index contributed by atoms with van der Waals surface area (Å²) in [7, 11) is -2.44. The fourth-order valence-corrected chi connectivity index (χ4v) is 9.18. The van der Waals surface area contributed by atoms with E-state index in [4.69, 9.17) is 13.6 Å². The summed E-state index contributed by atoms with van der Waals surface area (Å²) in [4.78, 5) is 11.7. The fourth-order valence-electron chi connectivity index (χ4n) is 6.57. The lowest BCUT2D eigenvalue weighted by molar-refractivity contribution is -0.140. The van der Waals surface area contributed by atoms with Crippen molar-refractivity contribution in [1.82, 2.24) is 0 Å². The van der Waals surface area contributed by atoms with Crippen LogP contribution in [0.4, 0.5) is 0 Å². The summed E-state index contributed by atoms with van der Waals surface area (Å²) in [6.07, 6.45) is 13.4. The highest BCUT2D eigenvalue weighted by Gasteiger charge is 2.56. The lowest BCUT2D eigenvalue weighted by Crippen LogP contribution is -2.55. The molecule has 3 aliphatic rings. The van der Waals surface area contributed by atoms with Crippen molar-refractivity contribution in [3.8, 4) is 11.8 Å². The first-order valence-corrected chi connectivity index (χ1v) is 22.3. The third kappa shape index (κ3) is 7.99. The van der Waals surface area contributed by atoms with E-state index in [1.165, 1.54) is 44.8 Å². The minimum absolute atomic E-state index is 0.0213. The van der Waals surface area contributed by atoms with E-state index in [0.717, 1.165) is 25.7 Å². The van der Waals surface area contributed by atoms with Gasteiger partial charge in [0.05, 0.1) is 13.2 Å². The van der Waals surface area contributed by atoms with E-state index in [-0.39, 0.29) is 39.6 Å². The molecule has 0 aromatic carbocycles. The van der Waals surface area contributed by atoms with Gasteiger partial charge in [0.15, 0.2) is 16.6 Å². The Balaban J connectivity index is 1.94. The minimum atomic E-state index is -1.96. The van der Waals surface area contributed by atoms with Crippen molar-refractivity contribution < 1.29 is 18.4 Å². The molecule has 6 heteroatoms. The molecule has 0 amide bonds. The van der Waals surface area contributed by atoms with Crippen LogP contribution in [0, 0.1) is 35.0 Å². The second kappa shape index (κ2) is 13.0. The van der Waals surface area contributed by atoms with Crippen molar-refractivity contribution in [2.45, 2.75) is 161 Å². The van der Waals surface area contributed by atoms with Gasteiger partial charge in [-0.05, 0) is 92.0 Å². The summed E-state index contributed by atoms with van der Waals surface area (Å²) < 4.78 is 19.2. The van der Waals surface area contributed by atoms with Crippen LogP contribution in [0.5, 0.6) is 0 Å². The molecule has 3 saturated carbocycles. The van der Waals surface area contributed by atoms with Crippen molar-refractivity contribution in [3.63, 3.8) is 0 Å². The maximum atomic E-state index is 11.7. The van der Waals surface area contributed by atoms with E-state index < -0.39 is 16.6 Å². The third-order valence-electron chi connectivity index (χ3n) is 11.7. The molecular weight excluding hydrogens is 541 g/mol. The molecule has 0 aromatic heterocycles. The highest BCUT2D eigenvalue weighted by atomic mass is 28.4. The molecule has 3 rings (SSSR count). The van der Waals surface area contributed by atoms with Crippen LogP contribution in [0.2, 0.25) is 36.3 Å². The second-order valence-electron chi connectivity index (χ2n) is 16.5. The number of allylic oxidation sites excluding steroid dienone is 2. The lowest BCUT2D eigenvalue weighted by Gasteiger charge is -2.58. The average Bonchev–Trinajstić information content (AvgIpc) is 2.86. The molecule has 41 heavy (non-hydrogen) atoms. The molecule has 0 aliphatic heterocycles. The Kier molecular flexibility index (Phi) is 11.0. The van der Waals surface area contributed by atoms with Crippen molar-refractivity contribution in [3.05, 3.63) is 11.6 Å². The predicted molar refractivity (Wildman–Crippen MR) is 177 cm³/mol. The number of ether oxygens (including phenoxy) is 1. The number of methoxy groups -OCH3 is 1. The quantitative estimate of drug-likeness (QED) is 0.120. The Hall–Kier alpha value is -0.876. The van der Waals surface area contributed by atoms with Crippen molar-refractivity contribution in [2.75, 3.05) is 7.11 Å². The van der Waals surface area contributed by atoms with E-state index in [0.29, 0.717) is 18.3 Å². The van der Waals surface area contributed by atoms with Gasteiger partial charge in [0.1, 0.15) is 6.10 Å². The Labute approximate surface area is 255 Å². The largest absolute Gasteiger partial charge is 0.469 e. The highest BCUT2D eigenvalue weighted by molar-refractivity contribution is 6.74. The van der Waals surface area contributed by atoms with Gasteiger partial charge in [-0.15, -0.1) is 0 Å². The van der Waals surface area contributed by atoms with Gasteiger partial charge in [0.25, 0.3) is 0 Å². The Morgan fingerprint density at radius 1 is 1.00 bits per heavy atom. The van der Waals surface area contributed by atoms with Gasteiger partial charge in [0.2, 0.25) is 0 Å². The average molecular weight is 603 g/mol. The molecule has 0 saturated heterocycles. The number of hydrogen-bond donors (Lipinski definition) is 0. The van der Waals surface area contributed by atoms with Crippen LogP contribution in [0.25, 0.3) is 0 Å². The molecular formula is C35H62O4Si2. The first-order valence-electron chi connectivity index (χ1n) is 16.5. The van der Waals surface area contributed by atoms with Crippen LogP contribution in [-0.2, 0) is 18.4 Å². The van der Waals surface area contributed by atoms with Gasteiger partial charge in [-0.1, -0.05) is 91.2 Å². The monoisotopic (exact) mass is 602 g/mol. The topological polar surface area (TPSA) is 44.8 Å². The van der Waals surface area contributed by atoms with E-state index >= 15 is 0 Å². The highest BCUT2D eigenvalue weighted by Crippen LogP contribution is 2.62. The normalized spacial score (nSPS) is 29.7. The van der Waals surface area contributed by atoms with Gasteiger partial charge < -0.3 is 13.6 Å². The molecule has 3 fully saturated rings. The van der Waals surface area contributed by atoms with E-state index in [1.807, 2.05) is 0 Å². The van der Waals surface area contributed by atoms with Crippen molar-refractivity contribution in [2.24, 2.45) is 23.2 Å². The standard InChI is InChI=1S/C35H62O4Si2/c1-33(2,3)40(9,10)38-30(26-17-14-13-15-18-26)22-21-28-29-25-27(19-16-20-32(36)37-8)35(29,7)24-23-31(28)39-41(11,12)34(4,5)6/h19,26,28-31H,13-18,20,23-25H2,1-12H3/b27-19-/t28-,29-,30?,31-,35-/m0/s1. The summed E-state index contributed by atoms with van der Waals surface area (Å²) in [6.45, 7) is 26.0. The minimum Gasteiger partial charge on any atom is -0.469 e. The lowest BCUT2D eigenvalue weighted by atomic mass is 9.48. The van der Waals surface area contributed by atoms with Gasteiger partial charge in [0, 0.05) is 12.3 Å². The molecule has 0 spiro atoms. The zero-order valence-electron chi connectivity index (χ0n) is 28.7. The van der Waals surface area contributed by atoms with Crippen LogP contribution in [0.1, 0.15) is 113 Å². The van der Waals surface area contributed by atoms with Crippen LogP contribution >= 0.6 is 0 Å². The predicted octanol–water partition coefficient (Wildman–Crippen LogP) is 9.67. The molecule has 0 heterocycles. The molecule has 1 unspecified atom stereocenters. The number of esters is 1. The summed E-state index contributed by atoms with van der Waals surface area (Å²) in [5.74, 6) is 8.88. The summed E-state index contributed by atoms with van der Waals surface area (Å²) in [6, 6.07) is 0. The number of carbonyl (C=O) groups is 1. The molecule has 234 valence electrons. The van der Waals surface area contributed by atoms with Gasteiger partial charge in [-0.25, -0.2) is 0 Å². The number of hydrogen-bond acceptors (Lipinski definition) is 4. The van der Waals surface area contributed by atoms with Gasteiger partial charge >= 0.3 is 5.97 Å². The van der Waals surface area contributed by atoms with Crippen LogP contribution in [0.15, 0.2) is 11.6 Å². The van der Waals surface area contributed by atoms with Crippen molar-refractivity contribution >= 4 is 22.6 Å². The zero-order valence-corrected chi connectivity index (χ0v) is 30.7. The first-order chi connectivity index (χ1) is 18.8. The van der Waals surface area contributed by atoms with E-state index in [9.17, 15) is 4.79 Å². The molecule has 4 nitrogen and oxygen atoms in total. The van der Waals surface area contributed by atoms with Crippen LogP contribution < -0.4 is 0 Å². The summed E-state index contributed by atoms with van der Waals surface area (Å²) >= 11 is 0. The summed E-state index contributed by atoms with van der Waals surface area (Å²) in [5.41, 5.74) is 1.65. The van der Waals surface area contributed by atoms with Crippen LogP contribution in [-0.4, -0.2) is 41.9 Å². The SMILES string of the molecule is COC(=O)CC/C=C1/C[C@H]2[C@H](C#CC(O[Si](C)(C)C(C)(C)C)C3CCCCC3)[C@@H](O[Si](C)(C)C(C)(C)C)CC[C@@]12C. The molecule has 0 aromatic rings. The zero-order chi connectivity index (χ0) is 30.9. The van der Waals surface area contributed by atoms with E-state index in [2.05, 4.69) is 92.6 Å². The van der Waals surface area contributed by atoms with Crippen LogP contribution in [0.3, 0.4) is 0 Å². The number of carbonyl (C=O) groups excluding carboxylic acids is 1. The Morgan fingerprint density at radius 2 is 1.61 bits per heavy atom. The van der Waals surface area contributed by atoms with Crippen molar-refractivity contribution in [1.29, 1.82) is 0 Å². The molecule has 3 aliphatic carbocycles. The third-order valence-corrected chi connectivity index (χ3v) is 20.7. The molecule has 0 bridgehead atoms. The first kappa shape index (κ1) is 34.6. The maximum absolute atomic E-state index is 11.7. The Bertz CT molecular complexity index is 1000. The smallest absolute Gasteiger partial charge is 0.305 e. The molecule has 5 atom stereocenters. The number of rotatable bonds is 8. The van der Waals surface area contributed by atoms with Gasteiger partial charge in [-0.3, -0.25) is 4.79 Å². The molecule has 0 N–H and O–H groups in total.